The number of oxazole rings is 1. The molecule has 0 unspecified atom stereocenters. The molecule has 0 atom stereocenters. The van der Waals surface area contributed by atoms with Crippen LogP contribution in [0.25, 0.3) is 0 Å². The van der Waals surface area contributed by atoms with Crippen LogP contribution in [0.2, 0.25) is 0 Å². The van der Waals surface area contributed by atoms with Crippen molar-refractivity contribution in [1.29, 1.82) is 0 Å². The van der Waals surface area contributed by atoms with Gasteiger partial charge in [-0.15, -0.1) is 0 Å². The van der Waals surface area contributed by atoms with E-state index < -0.39 is 5.97 Å². The number of rotatable bonds is 4. The molecule has 1 aromatic carbocycles. The molecule has 4 nitrogen and oxygen atoms in total. The van der Waals surface area contributed by atoms with Crippen LogP contribution in [0, 0.1) is 0 Å². The van der Waals surface area contributed by atoms with E-state index in [1.807, 2.05) is 24.3 Å². The van der Waals surface area contributed by atoms with Crippen LogP contribution in [-0.4, -0.2) is 17.6 Å². The minimum absolute atomic E-state index is 0.189. The van der Waals surface area contributed by atoms with E-state index in [9.17, 15) is 4.79 Å². The largest absolute Gasteiger partial charge is 0.461 e. The number of nitrogens with zero attached hydrogens (tertiary/aromatic N) is 1. The summed E-state index contributed by atoms with van der Waals surface area (Å²) in [6, 6.07) is 7.73. The van der Waals surface area contributed by atoms with Gasteiger partial charge in [-0.1, -0.05) is 22.0 Å². The standard InChI is InChI=1S/C12H10BrNO3S/c1-2-16-11(15)10-7-17-12(14-10)18-9-5-3-4-8(13)6-9/h3-7H,2H2,1H3. The van der Waals surface area contributed by atoms with Crippen LogP contribution >= 0.6 is 27.7 Å². The highest BCUT2D eigenvalue weighted by Gasteiger charge is 2.13. The first-order valence-electron chi connectivity index (χ1n) is 5.25. The summed E-state index contributed by atoms with van der Waals surface area (Å²) in [4.78, 5) is 16.4. The second kappa shape index (κ2) is 6.06. The third-order valence-electron chi connectivity index (χ3n) is 1.97. The van der Waals surface area contributed by atoms with Gasteiger partial charge >= 0.3 is 5.97 Å². The van der Waals surface area contributed by atoms with Crippen molar-refractivity contribution in [3.05, 3.63) is 40.7 Å². The lowest BCUT2D eigenvalue weighted by atomic mass is 10.4. The van der Waals surface area contributed by atoms with E-state index in [2.05, 4.69) is 20.9 Å². The average molecular weight is 328 g/mol. The number of aromatic nitrogens is 1. The Balaban J connectivity index is 2.09. The number of carbonyl (C=O) groups excluding carboxylic acids is 1. The Morgan fingerprint density at radius 1 is 1.56 bits per heavy atom. The predicted molar refractivity (Wildman–Crippen MR) is 70.7 cm³/mol. The van der Waals surface area contributed by atoms with Gasteiger partial charge in [0.25, 0.3) is 5.22 Å². The molecule has 2 rings (SSSR count). The van der Waals surface area contributed by atoms with E-state index >= 15 is 0 Å². The molecule has 0 saturated heterocycles. The second-order valence-corrected chi connectivity index (χ2v) is 5.22. The molecule has 1 aromatic heterocycles. The fourth-order valence-electron chi connectivity index (χ4n) is 1.23. The SMILES string of the molecule is CCOC(=O)c1coc(Sc2cccc(Br)c2)n1. The van der Waals surface area contributed by atoms with Crippen LogP contribution in [0.15, 0.2) is 49.5 Å². The third-order valence-corrected chi connectivity index (χ3v) is 3.31. The molecule has 0 spiro atoms. The van der Waals surface area contributed by atoms with E-state index in [1.54, 1.807) is 6.92 Å². The molecule has 0 radical (unpaired) electrons. The van der Waals surface area contributed by atoms with Crippen LogP contribution in [0.4, 0.5) is 0 Å². The third kappa shape index (κ3) is 3.36. The Kier molecular flexibility index (Phi) is 4.43. The minimum Gasteiger partial charge on any atom is -0.461 e. The van der Waals surface area contributed by atoms with Crippen molar-refractivity contribution in [1.82, 2.24) is 4.98 Å². The zero-order chi connectivity index (χ0) is 13.0. The van der Waals surface area contributed by atoms with Gasteiger partial charge in [-0.05, 0) is 36.9 Å². The molecule has 0 bridgehead atoms. The molecule has 0 aliphatic carbocycles. The molecular weight excluding hydrogens is 318 g/mol. The van der Waals surface area contributed by atoms with E-state index in [-0.39, 0.29) is 5.69 Å². The number of hydrogen-bond acceptors (Lipinski definition) is 5. The Labute approximate surface area is 117 Å². The normalized spacial score (nSPS) is 10.3. The average Bonchev–Trinajstić information content (AvgIpc) is 2.78. The Hall–Kier alpha value is -1.27. The van der Waals surface area contributed by atoms with E-state index in [0.29, 0.717) is 11.8 Å². The smallest absolute Gasteiger partial charge is 0.360 e. The van der Waals surface area contributed by atoms with Crippen molar-refractivity contribution in [3.8, 4) is 0 Å². The number of ether oxygens (including phenoxy) is 1. The lowest BCUT2D eigenvalue weighted by Gasteiger charge is -1.97. The minimum atomic E-state index is -0.470. The van der Waals surface area contributed by atoms with Gasteiger partial charge in [0, 0.05) is 9.37 Å². The monoisotopic (exact) mass is 327 g/mol. The maximum absolute atomic E-state index is 11.4. The Bertz CT molecular complexity index is 556. The van der Waals surface area contributed by atoms with Gasteiger partial charge in [0.15, 0.2) is 5.69 Å². The number of benzene rings is 1. The summed E-state index contributed by atoms with van der Waals surface area (Å²) in [5, 5.41) is 0.413. The van der Waals surface area contributed by atoms with Gasteiger partial charge in [0.05, 0.1) is 6.61 Å². The molecule has 18 heavy (non-hydrogen) atoms. The summed E-state index contributed by atoms with van der Waals surface area (Å²) in [5.41, 5.74) is 0.189. The lowest BCUT2D eigenvalue weighted by Crippen LogP contribution is -2.04. The van der Waals surface area contributed by atoms with Crippen molar-refractivity contribution < 1.29 is 13.9 Å². The van der Waals surface area contributed by atoms with Gasteiger partial charge in [0.2, 0.25) is 0 Å². The van der Waals surface area contributed by atoms with Crippen LogP contribution in [0.1, 0.15) is 17.4 Å². The maximum atomic E-state index is 11.4. The van der Waals surface area contributed by atoms with Gasteiger partial charge < -0.3 is 9.15 Å². The molecule has 1 heterocycles. The zero-order valence-corrected chi connectivity index (χ0v) is 12.0. The van der Waals surface area contributed by atoms with Crippen molar-refractivity contribution >= 4 is 33.7 Å². The highest BCUT2D eigenvalue weighted by atomic mass is 79.9. The quantitative estimate of drug-likeness (QED) is 0.800. The summed E-state index contributed by atoms with van der Waals surface area (Å²) < 4.78 is 11.0. The fourth-order valence-corrected chi connectivity index (χ4v) is 2.56. The first-order chi connectivity index (χ1) is 8.69. The van der Waals surface area contributed by atoms with E-state index in [4.69, 9.17) is 9.15 Å². The van der Waals surface area contributed by atoms with E-state index in [1.165, 1.54) is 18.0 Å². The molecule has 6 heteroatoms. The van der Waals surface area contributed by atoms with Gasteiger partial charge in [-0.25, -0.2) is 4.79 Å². The molecule has 0 saturated carbocycles. The first kappa shape index (κ1) is 13.2. The molecule has 2 aromatic rings. The number of esters is 1. The molecule has 0 amide bonds. The number of hydrogen-bond donors (Lipinski definition) is 0. The molecule has 0 aliphatic heterocycles. The van der Waals surface area contributed by atoms with Crippen LogP contribution in [-0.2, 0) is 4.74 Å². The number of halogens is 1. The van der Waals surface area contributed by atoms with Crippen LogP contribution in [0.3, 0.4) is 0 Å². The summed E-state index contributed by atoms with van der Waals surface area (Å²) in [6.45, 7) is 2.06. The van der Waals surface area contributed by atoms with Crippen LogP contribution in [0.5, 0.6) is 0 Å². The van der Waals surface area contributed by atoms with Crippen molar-refractivity contribution in [2.24, 2.45) is 0 Å². The molecule has 0 aliphatic rings. The topological polar surface area (TPSA) is 52.3 Å². The summed E-state index contributed by atoms with van der Waals surface area (Å²) in [7, 11) is 0. The molecule has 0 N–H and O–H groups in total. The maximum Gasteiger partial charge on any atom is 0.360 e. The second-order valence-electron chi connectivity index (χ2n) is 3.28. The van der Waals surface area contributed by atoms with E-state index in [0.717, 1.165) is 9.37 Å². The predicted octanol–water partition coefficient (Wildman–Crippen LogP) is 3.77. The lowest BCUT2D eigenvalue weighted by molar-refractivity contribution is 0.0519. The van der Waals surface area contributed by atoms with Crippen molar-refractivity contribution in [3.63, 3.8) is 0 Å². The number of carbonyl (C=O) groups is 1. The van der Waals surface area contributed by atoms with Gasteiger partial charge in [0.1, 0.15) is 6.26 Å². The zero-order valence-electron chi connectivity index (χ0n) is 9.55. The summed E-state index contributed by atoms with van der Waals surface area (Å²) in [5.74, 6) is -0.470. The summed E-state index contributed by atoms with van der Waals surface area (Å²) >= 11 is 4.73. The summed E-state index contributed by atoms with van der Waals surface area (Å²) in [6.07, 6.45) is 1.30. The van der Waals surface area contributed by atoms with Crippen molar-refractivity contribution in [2.75, 3.05) is 6.61 Å². The van der Waals surface area contributed by atoms with Crippen LogP contribution < -0.4 is 0 Å². The molecule has 94 valence electrons. The Morgan fingerprint density at radius 3 is 3.11 bits per heavy atom. The first-order valence-corrected chi connectivity index (χ1v) is 6.86. The highest BCUT2D eigenvalue weighted by molar-refractivity contribution is 9.10. The van der Waals surface area contributed by atoms with Gasteiger partial charge in [-0.2, -0.15) is 4.98 Å². The Morgan fingerprint density at radius 2 is 2.39 bits per heavy atom. The van der Waals surface area contributed by atoms with Crippen molar-refractivity contribution in [2.45, 2.75) is 17.0 Å². The molecular formula is C12H10BrNO3S. The molecule has 0 fully saturated rings. The highest BCUT2D eigenvalue weighted by Crippen LogP contribution is 2.28. The van der Waals surface area contributed by atoms with Gasteiger partial charge in [-0.3, -0.25) is 0 Å². The fraction of sp³-hybridized carbons (Fsp3) is 0.167.